The van der Waals surface area contributed by atoms with Crippen molar-refractivity contribution in [3.63, 3.8) is 0 Å². The third-order valence-corrected chi connectivity index (χ3v) is 4.15. The van der Waals surface area contributed by atoms with Crippen molar-refractivity contribution < 1.29 is 14.7 Å². The lowest BCUT2D eigenvalue weighted by Gasteiger charge is -2.35. The molecule has 0 saturated heterocycles. The molecule has 1 atom stereocenters. The molecule has 2 amide bonds. The van der Waals surface area contributed by atoms with Crippen LogP contribution in [0.3, 0.4) is 0 Å². The molecule has 0 aliphatic carbocycles. The maximum absolute atomic E-state index is 12.8. The van der Waals surface area contributed by atoms with Crippen LogP contribution < -0.4 is 0 Å². The summed E-state index contributed by atoms with van der Waals surface area (Å²) >= 11 is 0. The molecule has 5 nitrogen and oxygen atoms in total. The van der Waals surface area contributed by atoms with Gasteiger partial charge in [0.1, 0.15) is 0 Å². The Kier molecular flexibility index (Phi) is 5.44. The molecule has 0 saturated carbocycles. The van der Waals surface area contributed by atoms with Gasteiger partial charge in [-0.25, -0.2) is 0 Å². The fourth-order valence-electron chi connectivity index (χ4n) is 3.05. The first kappa shape index (κ1) is 18.2. The van der Waals surface area contributed by atoms with Gasteiger partial charge in [-0.3, -0.25) is 9.59 Å². The molecule has 1 aliphatic rings. The average Bonchev–Trinajstić information content (AvgIpc) is 2.51. The number of benzene rings is 1. The van der Waals surface area contributed by atoms with Gasteiger partial charge in [-0.15, -0.1) is 0 Å². The van der Waals surface area contributed by atoms with Crippen molar-refractivity contribution in [3.8, 4) is 0 Å². The topological polar surface area (TPSA) is 60.9 Å². The van der Waals surface area contributed by atoms with Crippen LogP contribution in [0.4, 0.5) is 0 Å². The monoisotopic (exact) mass is 330 g/mol. The molecular weight excluding hydrogens is 304 g/mol. The van der Waals surface area contributed by atoms with Gasteiger partial charge >= 0.3 is 0 Å². The van der Waals surface area contributed by atoms with E-state index in [9.17, 15) is 14.7 Å². The number of carbonyl (C=O) groups excluding carboxylic acids is 2. The third-order valence-electron chi connectivity index (χ3n) is 4.15. The van der Waals surface area contributed by atoms with Gasteiger partial charge in [0.25, 0.3) is 0 Å². The highest BCUT2D eigenvalue weighted by Crippen LogP contribution is 2.33. The summed E-state index contributed by atoms with van der Waals surface area (Å²) in [6.45, 7) is 7.55. The number of nitrogens with zero attached hydrogens (tertiary/aromatic N) is 2. The molecule has 1 aliphatic heterocycles. The van der Waals surface area contributed by atoms with Gasteiger partial charge in [-0.2, -0.15) is 0 Å². The summed E-state index contributed by atoms with van der Waals surface area (Å²) in [5.74, 6) is -0.162. The number of amides is 2. The Morgan fingerprint density at radius 1 is 1.29 bits per heavy atom. The van der Waals surface area contributed by atoms with Crippen LogP contribution in [-0.4, -0.2) is 45.4 Å². The highest BCUT2D eigenvalue weighted by atomic mass is 16.3. The molecular formula is C19H26N2O3. The fraction of sp³-hybridized carbons (Fsp3) is 0.474. The molecule has 1 unspecified atom stereocenters. The Balaban J connectivity index is 2.25. The second-order valence-corrected chi connectivity index (χ2v) is 6.81. The van der Waals surface area contributed by atoms with Gasteiger partial charge < -0.3 is 14.9 Å². The van der Waals surface area contributed by atoms with Crippen molar-refractivity contribution in [2.75, 3.05) is 13.1 Å². The van der Waals surface area contributed by atoms with E-state index in [-0.39, 0.29) is 30.8 Å². The van der Waals surface area contributed by atoms with Crippen LogP contribution in [0, 0.1) is 0 Å². The molecule has 1 aromatic carbocycles. The van der Waals surface area contributed by atoms with Crippen LogP contribution >= 0.6 is 0 Å². The smallest absolute Gasteiger partial charge is 0.225 e. The lowest BCUT2D eigenvalue weighted by Crippen LogP contribution is -2.43. The minimum atomic E-state index is -0.948. The highest BCUT2D eigenvalue weighted by Gasteiger charge is 2.30. The van der Waals surface area contributed by atoms with E-state index in [1.54, 1.807) is 29.8 Å². The lowest BCUT2D eigenvalue weighted by molar-refractivity contribution is -0.136. The van der Waals surface area contributed by atoms with E-state index in [1.165, 1.54) is 6.92 Å². The van der Waals surface area contributed by atoms with Crippen LogP contribution in [0.25, 0.3) is 6.08 Å². The number of aliphatic hydroxyl groups is 1. The number of hydrogen-bond donors (Lipinski definition) is 1. The summed E-state index contributed by atoms with van der Waals surface area (Å²) in [5.41, 5.74) is 1.05. The van der Waals surface area contributed by atoms with E-state index in [1.807, 2.05) is 37.3 Å². The van der Waals surface area contributed by atoms with Gasteiger partial charge in [0, 0.05) is 26.2 Å². The summed E-state index contributed by atoms with van der Waals surface area (Å²) in [4.78, 5) is 28.0. The standard InChI is InChI=1S/C19H26N2O3/c1-5-20(13-19(3,4)24)18(23)12-17-16-9-7-6-8-15(16)10-11-21(17)14(2)22/h6-11,17,24H,5,12-13H2,1-4H3. The first-order valence-corrected chi connectivity index (χ1v) is 8.29. The zero-order chi connectivity index (χ0) is 17.9. The summed E-state index contributed by atoms with van der Waals surface area (Å²) in [6.07, 6.45) is 3.84. The molecule has 0 fully saturated rings. The van der Waals surface area contributed by atoms with Crippen LogP contribution in [0.15, 0.2) is 30.5 Å². The first-order valence-electron chi connectivity index (χ1n) is 8.29. The van der Waals surface area contributed by atoms with E-state index >= 15 is 0 Å². The second kappa shape index (κ2) is 7.18. The normalized spacial score (nSPS) is 16.7. The zero-order valence-corrected chi connectivity index (χ0v) is 14.8. The molecule has 0 aromatic heterocycles. The number of hydrogen-bond acceptors (Lipinski definition) is 3. The Hall–Kier alpha value is -2.14. The summed E-state index contributed by atoms with van der Waals surface area (Å²) < 4.78 is 0. The van der Waals surface area contributed by atoms with Crippen molar-refractivity contribution in [3.05, 3.63) is 41.6 Å². The van der Waals surface area contributed by atoms with Gasteiger partial charge in [0.15, 0.2) is 0 Å². The number of rotatable bonds is 5. The Morgan fingerprint density at radius 3 is 2.54 bits per heavy atom. The predicted molar refractivity (Wildman–Crippen MR) is 93.9 cm³/mol. The van der Waals surface area contributed by atoms with Crippen molar-refractivity contribution in [1.29, 1.82) is 0 Å². The molecule has 5 heteroatoms. The maximum atomic E-state index is 12.8. The third kappa shape index (κ3) is 4.23. The number of likely N-dealkylation sites (N-methyl/N-ethyl adjacent to an activating group) is 1. The van der Waals surface area contributed by atoms with Crippen LogP contribution in [0.1, 0.15) is 51.3 Å². The van der Waals surface area contributed by atoms with E-state index < -0.39 is 5.60 Å². The maximum Gasteiger partial charge on any atom is 0.225 e. The van der Waals surface area contributed by atoms with Crippen molar-refractivity contribution in [1.82, 2.24) is 9.80 Å². The molecule has 1 N–H and O–H groups in total. The van der Waals surface area contributed by atoms with Gasteiger partial charge in [0.2, 0.25) is 11.8 Å². The Bertz CT molecular complexity index is 646. The zero-order valence-electron chi connectivity index (χ0n) is 14.8. The van der Waals surface area contributed by atoms with Crippen molar-refractivity contribution in [2.24, 2.45) is 0 Å². The van der Waals surface area contributed by atoms with Crippen molar-refractivity contribution in [2.45, 2.75) is 45.8 Å². The quantitative estimate of drug-likeness (QED) is 0.902. The molecule has 2 rings (SSSR count). The molecule has 130 valence electrons. The number of fused-ring (bicyclic) bond motifs is 1. The average molecular weight is 330 g/mol. The van der Waals surface area contributed by atoms with E-state index in [0.29, 0.717) is 6.54 Å². The minimum absolute atomic E-state index is 0.0685. The minimum Gasteiger partial charge on any atom is -0.389 e. The van der Waals surface area contributed by atoms with Crippen molar-refractivity contribution >= 4 is 17.9 Å². The SMILES string of the molecule is CCN(CC(C)(C)O)C(=O)CC1c2ccccc2C=CN1C(C)=O. The van der Waals surface area contributed by atoms with Gasteiger partial charge in [-0.05, 0) is 38.0 Å². The van der Waals surface area contributed by atoms with Crippen LogP contribution in [0.5, 0.6) is 0 Å². The lowest BCUT2D eigenvalue weighted by atomic mass is 9.93. The Morgan fingerprint density at radius 2 is 1.96 bits per heavy atom. The van der Waals surface area contributed by atoms with Crippen LogP contribution in [-0.2, 0) is 9.59 Å². The first-order chi connectivity index (χ1) is 11.2. The molecule has 1 aromatic rings. The molecule has 1 heterocycles. The van der Waals surface area contributed by atoms with E-state index in [4.69, 9.17) is 0 Å². The number of carbonyl (C=O) groups is 2. The molecule has 24 heavy (non-hydrogen) atoms. The fourth-order valence-corrected chi connectivity index (χ4v) is 3.05. The summed E-state index contributed by atoms with van der Waals surface area (Å²) in [7, 11) is 0. The largest absolute Gasteiger partial charge is 0.389 e. The van der Waals surface area contributed by atoms with E-state index in [2.05, 4.69) is 0 Å². The second-order valence-electron chi connectivity index (χ2n) is 6.81. The van der Waals surface area contributed by atoms with Gasteiger partial charge in [-0.1, -0.05) is 24.3 Å². The molecule has 0 spiro atoms. The molecule has 0 bridgehead atoms. The van der Waals surface area contributed by atoms with Crippen LogP contribution in [0.2, 0.25) is 0 Å². The van der Waals surface area contributed by atoms with Gasteiger partial charge in [0.05, 0.1) is 18.1 Å². The Labute approximate surface area is 143 Å². The highest BCUT2D eigenvalue weighted by molar-refractivity contribution is 5.82. The molecule has 0 radical (unpaired) electrons. The van der Waals surface area contributed by atoms with E-state index in [0.717, 1.165) is 11.1 Å². The summed E-state index contributed by atoms with van der Waals surface area (Å²) in [5, 5.41) is 10.0. The predicted octanol–water partition coefficient (Wildman–Crippen LogP) is 2.57. The summed E-state index contributed by atoms with van der Waals surface area (Å²) in [6, 6.07) is 7.49.